The first-order valence-electron chi connectivity index (χ1n) is 10.1. The first-order valence-corrected chi connectivity index (χ1v) is 12.3. The Bertz CT molecular complexity index is 1350. The second-order valence-electron chi connectivity index (χ2n) is 7.23. The highest BCUT2D eigenvalue weighted by molar-refractivity contribution is 7.87. The van der Waals surface area contributed by atoms with Crippen molar-refractivity contribution in [3.63, 3.8) is 0 Å². The van der Waals surface area contributed by atoms with Crippen molar-refractivity contribution in [1.82, 2.24) is 0 Å². The average Bonchev–Trinajstić information content (AvgIpc) is 2.78. The molecule has 9 heteroatoms. The van der Waals surface area contributed by atoms with Crippen molar-refractivity contribution in [2.24, 2.45) is 0 Å². The third-order valence-electron chi connectivity index (χ3n) is 4.58. The zero-order chi connectivity index (χ0) is 24.7. The smallest absolute Gasteiger partial charge is 0.340 e. The van der Waals surface area contributed by atoms with Gasteiger partial charge in [-0.3, -0.25) is 0 Å². The van der Waals surface area contributed by atoms with E-state index < -0.39 is 10.1 Å². The molecule has 0 amide bonds. The summed E-state index contributed by atoms with van der Waals surface area (Å²) in [5, 5.41) is 9.45. The lowest BCUT2D eigenvalue weighted by Crippen LogP contribution is -2.11. The summed E-state index contributed by atoms with van der Waals surface area (Å²) in [6, 6.07) is 16.3. The van der Waals surface area contributed by atoms with Crippen LogP contribution in [0.25, 0.3) is 0 Å². The number of hydrogen-bond acceptors (Lipinski definition) is 6. The van der Waals surface area contributed by atoms with E-state index in [1.54, 1.807) is 37.3 Å². The van der Waals surface area contributed by atoms with E-state index in [1.165, 1.54) is 24.3 Å². The maximum Gasteiger partial charge on any atom is 0.340 e. The molecule has 0 unspecified atom stereocenters. The SMILES string of the molecule is C=CCOc1cc(CCOc2cc(C)cc(OS(=O)(=O)c3cc(Cl)ccc3Cl)c2)ccc1C#N. The predicted molar refractivity (Wildman–Crippen MR) is 132 cm³/mol. The fourth-order valence-electron chi connectivity index (χ4n) is 3.06. The van der Waals surface area contributed by atoms with E-state index in [1.807, 2.05) is 6.07 Å². The summed E-state index contributed by atoms with van der Waals surface area (Å²) in [4.78, 5) is -0.221. The molecule has 0 aliphatic heterocycles. The molecule has 0 fully saturated rings. The molecule has 0 heterocycles. The van der Waals surface area contributed by atoms with Gasteiger partial charge in [0.1, 0.15) is 34.8 Å². The molecule has 3 aromatic rings. The Morgan fingerprint density at radius 3 is 2.53 bits per heavy atom. The van der Waals surface area contributed by atoms with E-state index in [-0.39, 0.29) is 20.7 Å². The second kappa shape index (κ2) is 11.3. The first kappa shape index (κ1) is 25.4. The summed E-state index contributed by atoms with van der Waals surface area (Å²) in [5.41, 5.74) is 2.10. The third-order valence-corrected chi connectivity index (χ3v) is 6.54. The molecule has 0 atom stereocenters. The Morgan fingerprint density at radius 2 is 1.79 bits per heavy atom. The summed E-state index contributed by atoms with van der Waals surface area (Å²) in [6.45, 7) is 6.01. The van der Waals surface area contributed by atoms with Crippen molar-refractivity contribution in [1.29, 1.82) is 5.26 Å². The zero-order valence-electron chi connectivity index (χ0n) is 18.3. The molecular weight excluding hydrogens is 497 g/mol. The molecule has 0 saturated carbocycles. The second-order valence-corrected chi connectivity index (χ2v) is 9.59. The van der Waals surface area contributed by atoms with Crippen molar-refractivity contribution >= 4 is 33.3 Å². The normalized spacial score (nSPS) is 10.9. The predicted octanol–water partition coefficient (Wildman–Crippen LogP) is 6.13. The van der Waals surface area contributed by atoms with Crippen LogP contribution in [0.2, 0.25) is 10.0 Å². The van der Waals surface area contributed by atoms with E-state index in [9.17, 15) is 13.7 Å². The van der Waals surface area contributed by atoms with Gasteiger partial charge in [-0.15, -0.1) is 0 Å². The van der Waals surface area contributed by atoms with Crippen LogP contribution >= 0.6 is 23.2 Å². The van der Waals surface area contributed by atoms with E-state index in [2.05, 4.69) is 12.6 Å². The molecule has 3 rings (SSSR count). The van der Waals surface area contributed by atoms with Crippen LogP contribution in [-0.4, -0.2) is 21.6 Å². The van der Waals surface area contributed by atoms with Crippen molar-refractivity contribution in [3.05, 3.63) is 94.0 Å². The molecule has 0 spiro atoms. The summed E-state index contributed by atoms with van der Waals surface area (Å²) in [7, 11) is -4.20. The third kappa shape index (κ3) is 6.67. The maximum atomic E-state index is 12.7. The Kier molecular flexibility index (Phi) is 8.46. The van der Waals surface area contributed by atoms with Gasteiger partial charge in [-0.1, -0.05) is 41.9 Å². The van der Waals surface area contributed by atoms with Crippen LogP contribution in [-0.2, 0) is 16.5 Å². The van der Waals surface area contributed by atoms with Crippen LogP contribution in [0, 0.1) is 18.3 Å². The van der Waals surface area contributed by atoms with Gasteiger partial charge in [-0.25, -0.2) is 0 Å². The van der Waals surface area contributed by atoms with Gasteiger partial charge >= 0.3 is 10.1 Å². The molecule has 0 aromatic heterocycles. The minimum absolute atomic E-state index is 0.00684. The first-order chi connectivity index (χ1) is 16.2. The molecule has 176 valence electrons. The van der Waals surface area contributed by atoms with Crippen LogP contribution in [0.15, 0.2) is 72.1 Å². The fourth-order valence-corrected chi connectivity index (χ4v) is 4.71. The Hall–Kier alpha value is -3.18. The minimum atomic E-state index is -4.20. The number of hydrogen-bond donors (Lipinski definition) is 0. The Labute approximate surface area is 209 Å². The lowest BCUT2D eigenvalue weighted by molar-refractivity contribution is 0.320. The van der Waals surface area contributed by atoms with Crippen LogP contribution in [0.5, 0.6) is 17.2 Å². The largest absolute Gasteiger partial charge is 0.493 e. The summed E-state index contributed by atoms with van der Waals surface area (Å²) in [5.74, 6) is 1.01. The van der Waals surface area contributed by atoms with Gasteiger partial charge in [0.05, 0.1) is 17.2 Å². The number of rotatable bonds is 10. The van der Waals surface area contributed by atoms with E-state index in [4.69, 9.17) is 36.9 Å². The lowest BCUT2D eigenvalue weighted by atomic mass is 10.1. The van der Waals surface area contributed by atoms with Gasteiger partial charge in [0, 0.05) is 17.5 Å². The number of benzene rings is 3. The van der Waals surface area contributed by atoms with Crippen LogP contribution in [0.1, 0.15) is 16.7 Å². The highest BCUT2D eigenvalue weighted by Gasteiger charge is 2.21. The van der Waals surface area contributed by atoms with Crippen LogP contribution < -0.4 is 13.7 Å². The molecule has 34 heavy (non-hydrogen) atoms. The number of ether oxygens (including phenoxy) is 2. The molecule has 0 aliphatic rings. The standard InChI is InChI=1S/C25H21Cl2NO5S/c1-3-9-32-24-13-18(4-5-19(24)16-28)8-10-31-21-11-17(2)12-22(15-21)33-34(29,30)25-14-20(26)6-7-23(25)27/h3-7,11-15H,1,8-10H2,2H3. The van der Waals surface area contributed by atoms with E-state index in [0.29, 0.717) is 36.7 Å². The topological polar surface area (TPSA) is 85.6 Å². The summed E-state index contributed by atoms with van der Waals surface area (Å²) >= 11 is 11.9. The quantitative estimate of drug-likeness (QED) is 0.237. The van der Waals surface area contributed by atoms with Crippen LogP contribution in [0.4, 0.5) is 0 Å². The molecule has 0 bridgehead atoms. The van der Waals surface area contributed by atoms with E-state index >= 15 is 0 Å². The highest BCUT2D eigenvalue weighted by Crippen LogP contribution is 2.30. The van der Waals surface area contributed by atoms with Gasteiger partial charge in [-0.2, -0.15) is 13.7 Å². The Balaban J connectivity index is 1.71. The zero-order valence-corrected chi connectivity index (χ0v) is 20.6. The molecule has 3 aromatic carbocycles. The Morgan fingerprint density at radius 1 is 1.03 bits per heavy atom. The van der Waals surface area contributed by atoms with E-state index in [0.717, 1.165) is 11.1 Å². The minimum Gasteiger partial charge on any atom is -0.493 e. The number of aryl methyl sites for hydroxylation is 1. The van der Waals surface area contributed by atoms with Crippen LogP contribution in [0.3, 0.4) is 0 Å². The van der Waals surface area contributed by atoms with Gasteiger partial charge in [0.25, 0.3) is 0 Å². The van der Waals surface area contributed by atoms with Gasteiger partial charge < -0.3 is 13.7 Å². The maximum absolute atomic E-state index is 12.7. The number of halogens is 2. The molecule has 0 N–H and O–H groups in total. The van der Waals surface area contributed by atoms with Crippen molar-refractivity contribution < 1.29 is 22.1 Å². The molecule has 6 nitrogen and oxygen atoms in total. The summed E-state index contributed by atoms with van der Waals surface area (Å²) < 4.78 is 42.1. The molecular formula is C25H21Cl2NO5S. The van der Waals surface area contributed by atoms with Gasteiger partial charge in [0.2, 0.25) is 0 Å². The van der Waals surface area contributed by atoms with Gasteiger partial charge in [-0.05, 0) is 60.5 Å². The lowest BCUT2D eigenvalue weighted by Gasteiger charge is -2.12. The molecule has 0 radical (unpaired) electrons. The molecule has 0 aliphatic carbocycles. The monoisotopic (exact) mass is 517 g/mol. The molecule has 0 saturated heterocycles. The van der Waals surface area contributed by atoms with Crippen molar-refractivity contribution in [3.8, 4) is 23.3 Å². The number of nitriles is 1. The highest BCUT2D eigenvalue weighted by atomic mass is 35.5. The average molecular weight is 518 g/mol. The van der Waals surface area contributed by atoms with Crippen molar-refractivity contribution in [2.45, 2.75) is 18.2 Å². The number of nitrogens with zero attached hydrogens (tertiary/aromatic N) is 1. The van der Waals surface area contributed by atoms with Gasteiger partial charge in [0.15, 0.2) is 0 Å². The van der Waals surface area contributed by atoms with Crippen molar-refractivity contribution in [2.75, 3.05) is 13.2 Å². The summed E-state index contributed by atoms with van der Waals surface area (Å²) in [6.07, 6.45) is 2.14. The fraction of sp³-hybridized carbons (Fsp3) is 0.160.